The summed E-state index contributed by atoms with van der Waals surface area (Å²) in [6.07, 6.45) is 1.99. The molecule has 2 aromatic carbocycles. The van der Waals surface area contributed by atoms with Gasteiger partial charge in [0.2, 0.25) is 0 Å². The predicted octanol–water partition coefficient (Wildman–Crippen LogP) is 4.55. The van der Waals surface area contributed by atoms with Crippen LogP contribution in [0.3, 0.4) is 0 Å². The average molecular weight is 463 g/mol. The molecule has 1 saturated heterocycles. The highest BCUT2D eigenvalue weighted by molar-refractivity contribution is 9.10. The number of rotatable bonds is 4. The van der Waals surface area contributed by atoms with Crippen LogP contribution in [-0.2, 0) is 19.6 Å². The van der Waals surface area contributed by atoms with Gasteiger partial charge in [-0.15, -0.1) is 0 Å². The smallest absolute Gasteiger partial charge is 0.106 e. The molecule has 30 heavy (non-hydrogen) atoms. The summed E-state index contributed by atoms with van der Waals surface area (Å²) in [4.78, 5) is 12.3. The zero-order valence-electron chi connectivity index (χ0n) is 17.1. The van der Waals surface area contributed by atoms with E-state index in [1.54, 1.807) is 0 Å². The number of halogens is 1. The third-order valence-corrected chi connectivity index (χ3v) is 6.64. The molecule has 0 spiro atoms. The first-order chi connectivity index (χ1) is 14.7. The van der Waals surface area contributed by atoms with Gasteiger partial charge in [-0.25, -0.2) is 4.98 Å². The minimum Gasteiger partial charge on any atom is -0.364 e. The van der Waals surface area contributed by atoms with Crippen LogP contribution in [0.2, 0.25) is 0 Å². The fourth-order valence-electron chi connectivity index (χ4n) is 4.79. The quantitative estimate of drug-likeness (QED) is 0.530. The molecule has 0 aliphatic carbocycles. The Hall–Kier alpha value is -2.21. The molecular weight excluding hydrogens is 436 g/mol. The number of benzene rings is 2. The van der Waals surface area contributed by atoms with Crippen molar-refractivity contribution in [3.63, 3.8) is 0 Å². The molecule has 154 valence electrons. The monoisotopic (exact) mass is 462 g/mol. The number of anilines is 1. The highest BCUT2D eigenvalue weighted by Crippen LogP contribution is 2.31. The normalized spacial score (nSPS) is 19.8. The number of piperazine rings is 1. The Kier molecular flexibility index (Phi) is 5.84. The molecule has 2 aliphatic heterocycles. The van der Waals surface area contributed by atoms with E-state index < -0.39 is 0 Å². The number of para-hydroxylation sites is 1. The van der Waals surface area contributed by atoms with Crippen molar-refractivity contribution in [2.45, 2.75) is 25.7 Å². The van der Waals surface area contributed by atoms with Crippen molar-refractivity contribution >= 4 is 21.6 Å². The van der Waals surface area contributed by atoms with Crippen LogP contribution in [0.25, 0.3) is 0 Å². The Morgan fingerprint density at radius 3 is 2.40 bits per heavy atom. The zero-order valence-corrected chi connectivity index (χ0v) is 18.7. The van der Waals surface area contributed by atoms with Gasteiger partial charge in [0.1, 0.15) is 4.60 Å². The lowest BCUT2D eigenvalue weighted by molar-refractivity contribution is 0.172. The Balaban J connectivity index is 1.37. The van der Waals surface area contributed by atoms with Crippen molar-refractivity contribution in [3.8, 4) is 0 Å². The van der Waals surface area contributed by atoms with Crippen LogP contribution in [0.5, 0.6) is 0 Å². The van der Waals surface area contributed by atoms with Gasteiger partial charge < -0.3 is 4.90 Å². The van der Waals surface area contributed by atoms with Crippen molar-refractivity contribution in [2.75, 3.05) is 31.1 Å². The molecule has 3 heterocycles. The number of fused-ring (bicyclic) bond motifs is 3. The molecule has 1 fully saturated rings. The van der Waals surface area contributed by atoms with E-state index in [-0.39, 0.29) is 0 Å². The first-order valence-corrected chi connectivity index (χ1v) is 11.5. The highest BCUT2D eigenvalue weighted by atomic mass is 79.9. The number of hydrogen-bond acceptors (Lipinski definition) is 4. The molecule has 3 aromatic rings. The van der Waals surface area contributed by atoms with Crippen molar-refractivity contribution < 1.29 is 0 Å². The van der Waals surface area contributed by atoms with E-state index in [0.29, 0.717) is 6.04 Å². The topological polar surface area (TPSA) is 22.6 Å². The fraction of sp³-hybridized carbons (Fsp3) is 0.320. The van der Waals surface area contributed by atoms with Crippen LogP contribution < -0.4 is 4.90 Å². The van der Waals surface area contributed by atoms with Crippen LogP contribution in [-0.4, -0.2) is 47.0 Å². The maximum Gasteiger partial charge on any atom is 0.106 e. The van der Waals surface area contributed by atoms with Crippen LogP contribution >= 0.6 is 15.9 Å². The summed E-state index contributed by atoms with van der Waals surface area (Å²) in [5.74, 6) is 0. The summed E-state index contributed by atoms with van der Waals surface area (Å²) in [5, 5.41) is 0. The van der Waals surface area contributed by atoms with E-state index >= 15 is 0 Å². The van der Waals surface area contributed by atoms with E-state index in [1.165, 1.54) is 22.4 Å². The first kappa shape index (κ1) is 19.7. The SMILES string of the molecule is Brc1ccc(CN2Cc3ccccc3N3CCN(Cc4ccccc4)CC3C2)cn1. The molecule has 1 aromatic heterocycles. The maximum absolute atomic E-state index is 4.42. The van der Waals surface area contributed by atoms with E-state index in [0.717, 1.165) is 50.4 Å². The Morgan fingerprint density at radius 2 is 1.57 bits per heavy atom. The average Bonchev–Trinajstić information content (AvgIpc) is 2.92. The summed E-state index contributed by atoms with van der Waals surface area (Å²) in [6, 6.07) is 24.5. The molecule has 4 nitrogen and oxygen atoms in total. The molecule has 1 atom stereocenters. The summed E-state index contributed by atoms with van der Waals surface area (Å²) < 4.78 is 0.891. The second-order valence-electron chi connectivity index (χ2n) is 8.36. The number of hydrogen-bond donors (Lipinski definition) is 0. The lowest BCUT2D eigenvalue weighted by Crippen LogP contribution is -2.55. The van der Waals surface area contributed by atoms with Gasteiger partial charge in [0, 0.05) is 57.7 Å². The Bertz CT molecular complexity index is 976. The van der Waals surface area contributed by atoms with Crippen molar-refractivity contribution in [3.05, 3.63) is 94.2 Å². The third kappa shape index (κ3) is 4.43. The van der Waals surface area contributed by atoms with E-state index in [9.17, 15) is 0 Å². The van der Waals surface area contributed by atoms with Gasteiger partial charge in [-0.2, -0.15) is 0 Å². The van der Waals surface area contributed by atoms with Crippen LogP contribution in [0, 0.1) is 0 Å². The van der Waals surface area contributed by atoms with Gasteiger partial charge in [-0.1, -0.05) is 54.6 Å². The predicted molar refractivity (Wildman–Crippen MR) is 125 cm³/mol. The Labute approximate surface area is 187 Å². The molecule has 0 saturated carbocycles. The van der Waals surface area contributed by atoms with Gasteiger partial charge >= 0.3 is 0 Å². The lowest BCUT2D eigenvalue weighted by Gasteiger charge is -2.43. The molecule has 0 radical (unpaired) electrons. The summed E-state index contributed by atoms with van der Waals surface area (Å²) in [5.41, 5.74) is 5.51. The Morgan fingerprint density at radius 1 is 0.800 bits per heavy atom. The fourth-order valence-corrected chi connectivity index (χ4v) is 5.02. The van der Waals surface area contributed by atoms with Gasteiger partial charge in [0.05, 0.1) is 6.04 Å². The number of pyridine rings is 1. The van der Waals surface area contributed by atoms with E-state index in [2.05, 4.69) is 96.3 Å². The van der Waals surface area contributed by atoms with Gasteiger partial charge in [-0.3, -0.25) is 9.80 Å². The van der Waals surface area contributed by atoms with E-state index in [4.69, 9.17) is 0 Å². The van der Waals surface area contributed by atoms with Gasteiger partial charge in [0.15, 0.2) is 0 Å². The third-order valence-electron chi connectivity index (χ3n) is 6.17. The standard InChI is InChI=1S/C25H27BrN4/c26-25-11-10-21(14-27-25)16-29-17-22-8-4-5-9-24(22)30-13-12-28(18-23(30)19-29)15-20-6-2-1-3-7-20/h1-11,14,23H,12-13,15-19H2. The summed E-state index contributed by atoms with van der Waals surface area (Å²) >= 11 is 3.45. The second-order valence-corrected chi connectivity index (χ2v) is 9.17. The molecule has 5 heteroatoms. The van der Waals surface area contributed by atoms with Crippen LogP contribution in [0.15, 0.2) is 77.5 Å². The minimum absolute atomic E-state index is 0.495. The zero-order chi connectivity index (χ0) is 20.3. The van der Waals surface area contributed by atoms with Gasteiger partial charge in [0.25, 0.3) is 0 Å². The van der Waals surface area contributed by atoms with Crippen molar-refractivity contribution in [1.82, 2.24) is 14.8 Å². The minimum atomic E-state index is 0.495. The lowest BCUT2D eigenvalue weighted by atomic mass is 10.1. The number of nitrogens with zero attached hydrogens (tertiary/aromatic N) is 4. The molecular formula is C25H27BrN4. The molecule has 0 N–H and O–H groups in total. The summed E-state index contributed by atoms with van der Waals surface area (Å²) in [6.45, 7) is 7.30. The van der Waals surface area contributed by atoms with Crippen molar-refractivity contribution in [1.29, 1.82) is 0 Å². The highest BCUT2D eigenvalue weighted by Gasteiger charge is 2.32. The second kappa shape index (κ2) is 8.88. The van der Waals surface area contributed by atoms with Crippen molar-refractivity contribution in [2.24, 2.45) is 0 Å². The molecule has 2 aliphatic rings. The largest absolute Gasteiger partial charge is 0.364 e. The van der Waals surface area contributed by atoms with Crippen LogP contribution in [0.1, 0.15) is 16.7 Å². The summed E-state index contributed by atoms with van der Waals surface area (Å²) in [7, 11) is 0. The maximum atomic E-state index is 4.42. The van der Waals surface area contributed by atoms with E-state index in [1.807, 2.05) is 12.3 Å². The first-order valence-electron chi connectivity index (χ1n) is 10.7. The molecule has 1 unspecified atom stereocenters. The van der Waals surface area contributed by atoms with Gasteiger partial charge in [-0.05, 0) is 44.8 Å². The van der Waals surface area contributed by atoms with Crippen LogP contribution in [0.4, 0.5) is 5.69 Å². The molecule has 0 bridgehead atoms. The number of aromatic nitrogens is 1. The molecule has 5 rings (SSSR count). The molecule has 0 amide bonds.